The Kier molecular flexibility index (Phi) is 4.40. The normalized spacial score (nSPS) is 15.0. The van der Waals surface area contributed by atoms with Crippen LogP contribution in [0.5, 0.6) is 0 Å². The molecule has 0 atom stereocenters. The predicted molar refractivity (Wildman–Crippen MR) is 107 cm³/mol. The number of fused-ring (bicyclic) bond motifs is 2. The van der Waals surface area contributed by atoms with Crippen molar-refractivity contribution in [3.8, 4) is 0 Å². The number of hydrogen-bond acceptors (Lipinski definition) is 3. The molecule has 0 fully saturated rings. The quantitative estimate of drug-likeness (QED) is 0.757. The third-order valence-corrected chi connectivity index (χ3v) is 6.99. The second kappa shape index (κ2) is 6.62. The number of hydrogen-bond donors (Lipinski definition) is 1. The molecular formula is C21H22N2O3S. The van der Waals surface area contributed by atoms with Gasteiger partial charge in [-0.1, -0.05) is 29.8 Å². The molecule has 2 aromatic carbocycles. The zero-order valence-corrected chi connectivity index (χ0v) is 16.3. The second-order valence-electron chi connectivity index (χ2n) is 7.32. The Balaban J connectivity index is 1.63. The fraction of sp³-hybridized carbons (Fsp3) is 0.286. The first kappa shape index (κ1) is 17.9. The summed E-state index contributed by atoms with van der Waals surface area (Å²) in [5.74, 6) is 0.00617. The van der Waals surface area contributed by atoms with Crippen LogP contribution in [0.25, 0.3) is 10.9 Å². The first-order valence-electron chi connectivity index (χ1n) is 9.01. The molecule has 27 heavy (non-hydrogen) atoms. The van der Waals surface area contributed by atoms with Crippen LogP contribution >= 0.6 is 0 Å². The van der Waals surface area contributed by atoms with Crippen LogP contribution in [0.2, 0.25) is 0 Å². The summed E-state index contributed by atoms with van der Waals surface area (Å²) in [6, 6.07) is 13.5. The van der Waals surface area contributed by atoms with Crippen molar-refractivity contribution < 1.29 is 8.42 Å². The third-order valence-electron chi connectivity index (χ3n) is 5.19. The fourth-order valence-electron chi connectivity index (χ4n) is 3.57. The van der Waals surface area contributed by atoms with Gasteiger partial charge in [-0.05, 0) is 60.5 Å². The second-order valence-corrected chi connectivity index (χ2v) is 9.28. The highest BCUT2D eigenvalue weighted by Gasteiger charge is 2.27. The maximum atomic E-state index is 12.9. The van der Waals surface area contributed by atoms with E-state index in [9.17, 15) is 13.2 Å². The molecule has 1 aliphatic rings. The lowest BCUT2D eigenvalue weighted by molar-refractivity contribution is 0.391. The number of sulfonamides is 1. The molecule has 3 aromatic rings. The third kappa shape index (κ3) is 3.55. The molecule has 0 unspecified atom stereocenters. The van der Waals surface area contributed by atoms with Crippen molar-refractivity contribution in [2.45, 2.75) is 32.6 Å². The SMILES string of the molecule is Cc1ccc(CS(=O)(=O)N2CCc3cc4cc(C)c(=O)[nH]c4cc3C2)cc1. The summed E-state index contributed by atoms with van der Waals surface area (Å²) in [6.07, 6.45) is 0.677. The number of benzene rings is 2. The van der Waals surface area contributed by atoms with E-state index in [1.165, 1.54) is 0 Å². The van der Waals surface area contributed by atoms with E-state index in [0.29, 0.717) is 25.1 Å². The lowest BCUT2D eigenvalue weighted by Gasteiger charge is -2.28. The van der Waals surface area contributed by atoms with Gasteiger partial charge < -0.3 is 4.98 Å². The maximum absolute atomic E-state index is 12.9. The number of rotatable bonds is 3. The van der Waals surface area contributed by atoms with Crippen molar-refractivity contribution in [1.82, 2.24) is 9.29 Å². The largest absolute Gasteiger partial charge is 0.322 e. The molecular weight excluding hydrogens is 360 g/mol. The molecule has 0 saturated carbocycles. The van der Waals surface area contributed by atoms with Gasteiger partial charge in [-0.2, -0.15) is 4.31 Å². The van der Waals surface area contributed by atoms with Crippen molar-refractivity contribution >= 4 is 20.9 Å². The summed E-state index contributed by atoms with van der Waals surface area (Å²) in [5, 5.41) is 0.988. The molecule has 1 N–H and O–H groups in total. The van der Waals surface area contributed by atoms with E-state index in [-0.39, 0.29) is 11.3 Å². The Labute approximate surface area is 158 Å². The molecule has 0 radical (unpaired) electrons. The summed E-state index contributed by atoms with van der Waals surface area (Å²) in [4.78, 5) is 14.8. The van der Waals surface area contributed by atoms with Gasteiger partial charge in [-0.25, -0.2) is 8.42 Å². The molecule has 1 aliphatic heterocycles. The van der Waals surface area contributed by atoms with E-state index in [4.69, 9.17) is 0 Å². The van der Waals surface area contributed by atoms with Gasteiger partial charge >= 0.3 is 0 Å². The summed E-state index contributed by atoms with van der Waals surface area (Å²) in [5.41, 5.74) is 5.34. The van der Waals surface area contributed by atoms with Crippen LogP contribution in [-0.2, 0) is 28.7 Å². The van der Waals surface area contributed by atoms with Gasteiger partial charge in [0, 0.05) is 24.2 Å². The van der Waals surface area contributed by atoms with Crippen LogP contribution in [0.3, 0.4) is 0 Å². The first-order chi connectivity index (χ1) is 12.8. The van der Waals surface area contributed by atoms with Crippen molar-refractivity contribution in [3.05, 3.63) is 80.6 Å². The topological polar surface area (TPSA) is 70.2 Å². The Morgan fingerprint density at radius 1 is 1.04 bits per heavy atom. The molecule has 0 bridgehead atoms. The molecule has 0 spiro atoms. The predicted octanol–water partition coefficient (Wildman–Crippen LogP) is 3.03. The lowest BCUT2D eigenvalue weighted by Crippen LogP contribution is -2.36. The molecule has 5 nitrogen and oxygen atoms in total. The molecule has 1 aromatic heterocycles. The average molecular weight is 382 g/mol. The molecule has 0 aliphatic carbocycles. The number of aromatic amines is 1. The summed E-state index contributed by atoms with van der Waals surface area (Å²) < 4.78 is 27.3. The van der Waals surface area contributed by atoms with E-state index in [1.807, 2.05) is 43.3 Å². The highest BCUT2D eigenvalue weighted by molar-refractivity contribution is 7.88. The van der Waals surface area contributed by atoms with Crippen LogP contribution in [0.15, 0.2) is 47.3 Å². The number of aryl methyl sites for hydroxylation is 2. The Hall–Kier alpha value is -2.44. The van der Waals surface area contributed by atoms with E-state index in [0.717, 1.165) is 33.2 Å². The average Bonchev–Trinajstić information content (AvgIpc) is 2.62. The number of H-pyrrole nitrogens is 1. The highest BCUT2D eigenvalue weighted by Crippen LogP contribution is 2.26. The molecule has 4 rings (SSSR count). The minimum atomic E-state index is -3.40. The minimum absolute atomic E-state index is 0.00617. The van der Waals surface area contributed by atoms with Crippen molar-refractivity contribution in [1.29, 1.82) is 0 Å². The van der Waals surface area contributed by atoms with Gasteiger partial charge in [0.05, 0.1) is 5.75 Å². The lowest BCUT2D eigenvalue weighted by atomic mass is 9.98. The standard InChI is InChI=1S/C21H22N2O3S/c1-14-3-5-16(6-4-14)13-27(25,26)23-8-7-17-10-18-9-15(2)21(24)22-20(18)11-19(17)12-23/h3-6,9-11H,7-8,12-13H2,1-2H3,(H,22,24). The van der Waals surface area contributed by atoms with Gasteiger partial charge in [0.25, 0.3) is 5.56 Å². The van der Waals surface area contributed by atoms with Gasteiger partial charge in [0.2, 0.25) is 10.0 Å². The fourth-order valence-corrected chi connectivity index (χ4v) is 5.08. The van der Waals surface area contributed by atoms with Crippen molar-refractivity contribution in [2.24, 2.45) is 0 Å². The monoisotopic (exact) mass is 382 g/mol. The van der Waals surface area contributed by atoms with Crippen molar-refractivity contribution in [3.63, 3.8) is 0 Å². The Morgan fingerprint density at radius 2 is 1.78 bits per heavy atom. The summed E-state index contributed by atoms with van der Waals surface area (Å²) in [6.45, 7) is 4.59. The Morgan fingerprint density at radius 3 is 2.52 bits per heavy atom. The number of nitrogens with one attached hydrogen (secondary N) is 1. The van der Waals surface area contributed by atoms with Crippen molar-refractivity contribution in [2.75, 3.05) is 6.54 Å². The van der Waals surface area contributed by atoms with Crippen LogP contribution in [0.1, 0.15) is 27.8 Å². The molecule has 0 amide bonds. The molecule has 6 heteroatoms. The van der Waals surface area contributed by atoms with Gasteiger partial charge in [-0.15, -0.1) is 0 Å². The van der Waals surface area contributed by atoms with Crippen LogP contribution < -0.4 is 5.56 Å². The van der Waals surface area contributed by atoms with E-state index in [1.54, 1.807) is 11.2 Å². The van der Waals surface area contributed by atoms with Crippen LogP contribution in [0, 0.1) is 13.8 Å². The molecule has 2 heterocycles. The van der Waals surface area contributed by atoms with E-state index >= 15 is 0 Å². The van der Waals surface area contributed by atoms with E-state index in [2.05, 4.69) is 11.1 Å². The summed E-state index contributed by atoms with van der Waals surface area (Å²) in [7, 11) is -3.40. The zero-order valence-electron chi connectivity index (χ0n) is 15.5. The number of nitrogens with zero attached hydrogens (tertiary/aromatic N) is 1. The molecule has 140 valence electrons. The zero-order chi connectivity index (χ0) is 19.2. The Bertz CT molecular complexity index is 1180. The molecule has 0 saturated heterocycles. The van der Waals surface area contributed by atoms with E-state index < -0.39 is 10.0 Å². The van der Waals surface area contributed by atoms with Gasteiger partial charge in [0.15, 0.2) is 0 Å². The van der Waals surface area contributed by atoms with Crippen LogP contribution in [0.4, 0.5) is 0 Å². The number of pyridine rings is 1. The smallest absolute Gasteiger partial charge is 0.251 e. The maximum Gasteiger partial charge on any atom is 0.251 e. The van der Waals surface area contributed by atoms with Gasteiger partial charge in [0.1, 0.15) is 0 Å². The van der Waals surface area contributed by atoms with Crippen LogP contribution in [-0.4, -0.2) is 24.3 Å². The first-order valence-corrected chi connectivity index (χ1v) is 10.6. The van der Waals surface area contributed by atoms with Gasteiger partial charge in [-0.3, -0.25) is 4.79 Å². The minimum Gasteiger partial charge on any atom is -0.322 e. The summed E-state index contributed by atoms with van der Waals surface area (Å²) >= 11 is 0. The highest BCUT2D eigenvalue weighted by atomic mass is 32.2. The number of aromatic nitrogens is 1.